The van der Waals surface area contributed by atoms with E-state index in [9.17, 15) is 0 Å². The third-order valence-electron chi connectivity index (χ3n) is 3.72. The maximum Gasteiger partial charge on any atom is 0.0809 e. The lowest BCUT2D eigenvalue weighted by atomic mass is 9.92. The van der Waals surface area contributed by atoms with Crippen LogP contribution in [0.15, 0.2) is 30.3 Å². The summed E-state index contributed by atoms with van der Waals surface area (Å²) in [6.45, 7) is 9.55. The number of nitrogens with zero attached hydrogens (tertiary/aromatic N) is 1. The second-order valence-electron chi connectivity index (χ2n) is 6.64. The van der Waals surface area contributed by atoms with Crippen molar-refractivity contribution in [2.24, 2.45) is 5.92 Å². The van der Waals surface area contributed by atoms with Crippen molar-refractivity contribution in [3.05, 3.63) is 35.9 Å². The van der Waals surface area contributed by atoms with Crippen molar-refractivity contribution in [3.8, 4) is 0 Å². The highest BCUT2D eigenvalue weighted by molar-refractivity contribution is 6.76. The molecule has 18 heavy (non-hydrogen) atoms. The van der Waals surface area contributed by atoms with Gasteiger partial charge >= 0.3 is 0 Å². The molecule has 1 saturated heterocycles. The van der Waals surface area contributed by atoms with Gasteiger partial charge in [-0.2, -0.15) is 5.06 Å². The molecule has 2 nitrogen and oxygen atoms in total. The molecule has 1 aromatic carbocycles. The summed E-state index contributed by atoms with van der Waals surface area (Å²) in [6.07, 6.45) is 0.326. The van der Waals surface area contributed by atoms with Crippen molar-refractivity contribution in [2.45, 2.75) is 44.8 Å². The van der Waals surface area contributed by atoms with Crippen molar-refractivity contribution < 1.29 is 4.84 Å². The van der Waals surface area contributed by atoms with Crippen LogP contribution in [0.4, 0.5) is 0 Å². The Labute approximate surface area is 112 Å². The summed E-state index contributed by atoms with van der Waals surface area (Å²) in [5.41, 5.74) is 1.38. The number of hydrogen-bond acceptors (Lipinski definition) is 2. The normalized spacial score (nSPS) is 29.7. The van der Waals surface area contributed by atoms with Crippen molar-refractivity contribution in [1.29, 1.82) is 0 Å². The first kappa shape index (κ1) is 13.8. The van der Waals surface area contributed by atoms with E-state index in [1.54, 1.807) is 0 Å². The molecule has 1 fully saturated rings. The molecule has 3 heteroatoms. The van der Waals surface area contributed by atoms with E-state index in [-0.39, 0.29) is 0 Å². The Morgan fingerprint density at radius 2 is 1.78 bits per heavy atom. The van der Waals surface area contributed by atoms with Gasteiger partial charge in [-0.1, -0.05) is 56.0 Å². The first-order chi connectivity index (χ1) is 8.38. The number of rotatable bonds is 3. The van der Waals surface area contributed by atoms with E-state index in [0.29, 0.717) is 18.1 Å². The Hall–Kier alpha value is -0.643. The molecule has 1 aromatic rings. The quantitative estimate of drug-likeness (QED) is 0.766. The van der Waals surface area contributed by atoms with Gasteiger partial charge < -0.3 is 0 Å². The molecule has 0 bridgehead atoms. The first-order valence-corrected chi connectivity index (χ1v) is 10.5. The molecular formula is C15H25NOSi. The predicted octanol–water partition coefficient (Wildman–Crippen LogP) is 3.95. The highest BCUT2D eigenvalue weighted by Gasteiger charge is 2.41. The summed E-state index contributed by atoms with van der Waals surface area (Å²) in [7, 11) is 0.993. The zero-order chi connectivity index (χ0) is 13.3. The van der Waals surface area contributed by atoms with Gasteiger partial charge in [0.25, 0.3) is 0 Å². The van der Waals surface area contributed by atoms with Crippen LogP contribution >= 0.6 is 0 Å². The monoisotopic (exact) mass is 263 g/mol. The zero-order valence-corrected chi connectivity index (χ0v) is 13.2. The van der Waals surface area contributed by atoms with E-state index < -0.39 is 8.07 Å². The molecule has 3 atom stereocenters. The Morgan fingerprint density at radius 1 is 1.17 bits per heavy atom. The third-order valence-corrected chi connectivity index (χ3v) is 5.42. The van der Waals surface area contributed by atoms with Crippen LogP contribution in [0.25, 0.3) is 0 Å². The van der Waals surface area contributed by atoms with Gasteiger partial charge in [-0.3, -0.25) is 4.84 Å². The van der Waals surface area contributed by atoms with Gasteiger partial charge in [-0.15, -0.1) is 0 Å². The van der Waals surface area contributed by atoms with Gasteiger partial charge in [-0.05, 0) is 12.5 Å². The predicted molar refractivity (Wildman–Crippen MR) is 79.1 cm³/mol. The summed E-state index contributed by atoms with van der Waals surface area (Å²) < 4.78 is 0. The van der Waals surface area contributed by atoms with Crippen LogP contribution in [0.3, 0.4) is 0 Å². The summed E-state index contributed by atoms with van der Waals surface area (Å²) in [6, 6.07) is 12.5. The van der Waals surface area contributed by atoms with Crippen LogP contribution in [-0.2, 0) is 4.84 Å². The molecule has 3 unspecified atom stereocenters. The molecule has 1 heterocycles. The molecule has 0 aromatic heterocycles. The Balaban J connectivity index is 2.25. The van der Waals surface area contributed by atoms with Gasteiger partial charge in [0.15, 0.2) is 0 Å². The Kier molecular flexibility index (Phi) is 3.95. The van der Waals surface area contributed by atoms with Crippen LogP contribution in [-0.4, -0.2) is 26.3 Å². The molecule has 2 rings (SSSR count). The van der Waals surface area contributed by atoms with E-state index in [4.69, 9.17) is 4.84 Å². The van der Waals surface area contributed by atoms with Crippen LogP contribution in [0, 0.1) is 5.92 Å². The van der Waals surface area contributed by atoms with Crippen molar-refractivity contribution in [1.82, 2.24) is 5.06 Å². The molecule has 1 aliphatic heterocycles. The van der Waals surface area contributed by atoms with E-state index in [2.05, 4.69) is 69.0 Å². The molecule has 0 saturated carbocycles. The SMILES string of the molecule is CC1ON(C)C(c2ccccc2)C1C[Si](C)(C)C. The molecule has 0 amide bonds. The van der Waals surface area contributed by atoms with Crippen LogP contribution in [0.2, 0.25) is 25.7 Å². The average molecular weight is 263 g/mol. The highest BCUT2D eigenvalue weighted by Crippen LogP contribution is 2.42. The minimum absolute atomic E-state index is 0.326. The zero-order valence-electron chi connectivity index (χ0n) is 12.2. The van der Waals surface area contributed by atoms with E-state index in [1.807, 2.05) is 0 Å². The Bertz CT molecular complexity index is 387. The standard InChI is InChI=1S/C15H25NOSi/c1-12-14(11-18(3,4)5)15(16(2)17-12)13-9-7-6-8-10-13/h6-10,12,14-15H,11H2,1-5H3. The minimum Gasteiger partial charge on any atom is -0.295 e. The van der Waals surface area contributed by atoms with Gasteiger partial charge in [0.05, 0.1) is 12.1 Å². The van der Waals surface area contributed by atoms with Crippen molar-refractivity contribution >= 4 is 8.07 Å². The molecule has 0 spiro atoms. The second kappa shape index (κ2) is 5.15. The highest BCUT2D eigenvalue weighted by atomic mass is 28.3. The molecular weight excluding hydrogens is 238 g/mol. The van der Waals surface area contributed by atoms with Crippen LogP contribution < -0.4 is 0 Å². The van der Waals surface area contributed by atoms with Gasteiger partial charge in [0.1, 0.15) is 0 Å². The second-order valence-corrected chi connectivity index (χ2v) is 12.2. The number of hydrogen-bond donors (Lipinski definition) is 0. The third kappa shape index (κ3) is 3.02. The number of hydroxylamine groups is 2. The largest absolute Gasteiger partial charge is 0.295 e. The summed E-state index contributed by atoms with van der Waals surface area (Å²) in [5.74, 6) is 0.615. The lowest BCUT2D eigenvalue weighted by molar-refractivity contribution is -0.139. The van der Waals surface area contributed by atoms with Crippen LogP contribution in [0.5, 0.6) is 0 Å². The number of benzene rings is 1. The molecule has 0 N–H and O–H groups in total. The summed E-state index contributed by atoms with van der Waals surface area (Å²) in [5, 5.41) is 2.06. The van der Waals surface area contributed by atoms with E-state index in [0.717, 1.165) is 0 Å². The fourth-order valence-electron chi connectivity index (χ4n) is 3.02. The fraction of sp³-hybridized carbons (Fsp3) is 0.600. The smallest absolute Gasteiger partial charge is 0.0809 e. The van der Waals surface area contributed by atoms with Crippen molar-refractivity contribution in [2.75, 3.05) is 7.05 Å². The minimum atomic E-state index is -1.07. The first-order valence-electron chi connectivity index (χ1n) is 6.83. The topological polar surface area (TPSA) is 12.5 Å². The summed E-state index contributed by atoms with van der Waals surface area (Å²) in [4.78, 5) is 5.94. The van der Waals surface area contributed by atoms with Crippen molar-refractivity contribution in [3.63, 3.8) is 0 Å². The summed E-state index contributed by atoms with van der Waals surface area (Å²) >= 11 is 0. The molecule has 100 valence electrons. The van der Waals surface area contributed by atoms with E-state index >= 15 is 0 Å². The fourth-order valence-corrected chi connectivity index (χ4v) is 4.99. The lowest BCUT2D eigenvalue weighted by Crippen LogP contribution is -2.30. The van der Waals surface area contributed by atoms with Gasteiger partial charge in [-0.25, -0.2) is 0 Å². The maximum atomic E-state index is 5.94. The van der Waals surface area contributed by atoms with Gasteiger partial charge in [0, 0.05) is 21.0 Å². The molecule has 0 aliphatic carbocycles. The van der Waals surface area contributed by atoms with Crippen LogP contribution in [0.1, 0.15) is 18.5 Å². The average Bonchev–Trinajstić information content (AvgIpc) is 2.53. The lowest BCUT2D eigenvalue weighted by Gasteiger charge is -2.28. The van der Waals surface area contributed by atoms with E-state index in [1.165, 1.54) is 11.6 Å². The molecule has 1 aliphatic rings. The van der Waals surface area contributed by atoms with Gasteiger partial charge in [0.2, 0.25) is 0 Å². The molecule has 0 radical (unpaired) electrons. The Morgan fingerprint density at radius 3 is 2.33 bits per heavy atom. The maximum absolute atomic E-state index is 5.94.